The molecule has 2 aliphatic rings. The number of nitrogens with zero attached hydrogens (tertiary/aromatic N) is 1. The van der Waals surface area contributed by atoms with E-state index in [1.807, 2.05) is 0 Å². The molecule has 2 saturated heterocycles. The molecule has 0 amide bonds. The number of hydrogen-bond donors (Lipinski definition) is 1. The van der Waals surface area contributed by atoms with Gasteiger partial charge in [0, 0.05) is 44.9 Å². The second kappa shape index (κ2) is 6.55. The molecule has 2 fully saturated rings. The number of hydrogen-bond acceptors (Lipinski definition) is 3. The van der Waals surface area contributed by atoms with Crippen molar-refractivity contribution >= 4 is 0 Å². The molecule has 2 atom stereocenters. The van der Waals surface area contributed by atoms with Crippen molar-refractivity contribution in [1.29, 1.82) is 0 Å². The fourth-order valence-electron chi connectivity index (χ4n) is 3.52. The average Bonchev–Trinajstić information content (AvgIpc) is 2.38. The van der Waals surface area contributed by atoms with Gasteiger partial charge in [0.05, 0.1) is 0 Å². The summed E-state index contributed by atoms with van der Waals surface area (Å²) in [6.45, 7) is 15.0. The van der Waals surface area contributed by atoms with E-state index in [1.54, 1.807) is 0 Å². The topological polar surface area (TPSA) is 24.5 Å². The van der Waals surface area contributed by atoms with Crippen LogP contribution in [0.5, 0.6) is 0 Å². The Bertz CT molecular complexity index is 274. The van der Waals surface area contributed by atoms with Crippen molar-refractivity contribution in [1.82, 2.24) is 10.2 Å². The Labute approximate surface area is 119 Å². The molecular weight excluding hydrogens is 236 g/mol. The van der Waals surface area contributed by atoms with Gasteiger partial charge in [-0.3, -0.25) is 4.90 Å². The molecule has 19 heavy (non-hydrogen) atoms. The number of ether oxygens (including phenoxy) is 1. The van der Waals surface area contributed by atoms with Gasteiger partial charge in [0.25, 0.3) is 0 Å². The fraction of sp³-hybridized carbons (Fsp3) is 1.00. The van der Waals surface area contributed by atoms with Gasteiger partial charge in [0.15, 0.2) is 0 Å². The third kappa shape index (κ3) is 3.93. The maximum absolute atomic E-state index is 5.54. The SMILES string of the molecule is CCC1CN(CC2(C)CCOCC2)C(C(C)C)CN1. The van der Waals surface area contributed by atoms with Crippen LogP contribution < -0.4 is 5.32 Å². The summed E-state index contributed by atoms with van der Waals surface area (Å²) in [5.74, 6) is 0.730. The van der Waals surface area contributed by atoms with Crippen LogP contribution >= 0.6 is 0 Å². The van der Waals surface area contributed by atoms with Crippen LogP contribution in [0.15, 0.2) is 0 Å². The zero-order valence-corrected chi connectivity index (χ0v) is 13.2. The summed E-state index contributed by atoms with van der Waals surface area (Å²) in [6, 6.07) is 1.38. The number of piperazine rings is 1. The molecule has 0 saturated carbocycles. The highest BCUT2D eigenvalue weighted by Gasteiger charge is 2.35. The van der Waals surface area contributed by atoms with Gasteiger partial charge in [-0.1, -0.05) is 27.7 Å². The van der Waals surface area contributed by atoms with Crippen LogP contribution in [0.3, 0.4) is 0 Å². The third-order valence-corrected chi connectivity index (χ3v) is 5.09. The predicted molar refractivity (Wildman–Crippen MR) is 80.4 cm³/mol. The fourth-order valence-corrected chi connectivity index (χ4v) is 3.52. The van der Waals surface area contributed by atoms with Crippen LogP contribution in [0.2, 0.25) is 0 Å². The smallest absolute Gasteiger partial charge is 0.0471 e. The standard InChI is InChI=1S/C16H32N2O/c1-5-14-11-18(15(10-17-14)13(2)3)12-16(4)6-8-19-9-7-16/h13-15,17H,5-12H2,1-4H3. The third-order valence-electron chi connectivity index (χ3n) is 5.09. The van der Waals surface area contributed by atoms with E-state index in [4.69, 9.17) is 4.74 Å². The van der Waals surface area contributed by atoms with E-state index >= 15 is 0 Å². The number of nitrogens with one attached hydrogen (secondary N) is 1. The van der Waals surface area contributed by atoms with Gasteiger partial charge in [0.2, 0.25) is 0 Å². The van der Waals surface area contributed by atoms with E-state index in [0.717, 1.165) is 25.7 Å². The van der Waals surface area contributed by atoms with Crippen molar-refractivity contribution in [2.24, 2.45) is 11.3 Å². The van der Waals surface area contributed by atoms with Gasteiger partial charge in [-0.05, 0) is 30.6 Å². The Morgan fingerprint density at radius 3 is 2.58 bits per heavy atom. The average molecular weight is 268 g/mol. The maximum Gasteiger partial charge on any atom is 0.0471 e. The lowest BCUT2D eigenvalue weighted by atomic mass is 9.80. The van der Waals surface area contributed by atoms with E-state index in [0.29, 0.717) is 17.5 Å². The molecule has 0 spiro atoms. The van der Waals surface area contributed by atoms with Gasteiger partial charge < -0.3 is 10.1 Å². The Balaban J connectivity index is 2.00. The van der Waals surface area contributed by atoms with Gasteiger partial charge in [-0.15, -0.1) is 0 Å². The van der Waals surface area contributed by atoms with E-state index in [2.05, 4.69) is 37.9 Å². The summed E-state index contributed by atoms with van der Waals surface area (Å²) in [5.41, 5.74) is 0.459. The van der Waals surface area contributed by atoms with Crippen molar-refractivity contribution in [3.8, 4) is 0 Å². The van der Waals surface area contributed by atoms with Gasteiger partial charge in [-0.25, -0.2) is 0 Å². The molecule has 2 rings (SSSR count). The molecule has 1 N–H and O–H groups in total. The first-order chi connectivity index (χ1) is 9.04. The minimum Gasteiger partial charge on any atom is -0.381 e. The van der Waals surface area contributed by atoms with Crippen molar-refractivity contribution in [2.75, 3.05) is 32.8 Å². The first-order valence-corrected chi connectivity index (χ1v) is 8.09. The van der Waals surface area contributed by atoms with Crippen molar-refractivity contribution < 1.29 is 4.74 Å². The molecule has 0 radical (unpaired) electrons. The molecule has 3 nitrogen and oxygen atoms in total. The van der Waals surface area contributed by atoms with Crippen LogP contribution in [0.25, 0.3) is 0 Å². The Hall–Kier alpha value is -0.120. The van der Waals surface area contributed by atoms with Crippen LogP contribution in [-0.4, -0.2) is 49.8 Å². The molecule has 3 heteroatoms. The molecular formula is C16H32N2O. The van der Waals surface area contributed by atoms with E-state index in [1.165, 1.54) is 32.4 Å². The molecule has 0 aromatic heterocycles. The molecule has 0 aromatic rings. The monoisotopic (exact) mass is 268 g/mol. The zero-order chi connectivity index (χ0) is 13.9. The quantitative estimate of drug-likeness (QED) is 0.848. The summed E-state index contributed by atoms with van der Waals surface area (Å²) in [5, 5.41) is 3.71. The van der Waals surface area contributed by atoms with E-state index in [9.17, 15) is 0 Å². The number of rotatable bonds is 4. The van der Waals surface area contributed by atoms with E-state index in [-0.39, 0.29) is 0 Å². The van der Waals surface area contributed by atoms with Gasteiger partial charge in [0.1, 0.15) is 0 Å². The highest BCUT2D eigenvalue weighted by molar-refractivity contribution is 4.91. The van der Waals surface area contributed by atoms with Crippen molar-refractivity contribution in [3.05, 3.63) is 0 Å². The van der Waals surface area contributed by atoms with Crippen molar-refractivity contribution in [2.45, 2.75) is 59.0 Å². The van der Waals surface area contributed by atoms with Gasteiger partial charge in [-0.2, -0.15) is 0 Å². The minimum atomic E-state index is 0.459. The van der Waals surface area contributed by atoms with Crippen LogP contribution in [0, 0.1) is 11.3 Å². The highest BCUT2D eigenvalue weighted by Crippen LogP contribution is 2.32. The maximum atomic E-state index is 5.54. The summed E-state index contributed by atoms with van der Waals surface area (Å²) < 4.78 is 5.54. The molecule has 0 bridgehead atoms. The second-order valence-electron chi connectivity index (χ2n) is 7.18. The molecule has 2 aliphatic heterocycles. The summed E-state index contributed by atoms with van der Waals surface area (Å²) in [7, 11) is 0. The first kappa shape index (κ1) is 15.3. The normalized spacial score (nSPS) is 32.7. The molecule has 0 aliphatic carbocycles. The lowest BCUT2D eigenvalue weighted by molar-refractivity contribution is -0.0167. The van der Waals surface area contributed by atoms with Gasteiger partial charge >= 0.3 is 0 Å². The highest BCUT2D eigenvalue weighted by atomic mass is 16.5. The Morgan fingerprint density at radius 2 is 2.00 bits per heavy atom. The van der Waals surface area contributed by atoms with Crippen LogP contribution in [-0.2, 0) is 4.74 Å². The lowest BCUT2D eigenvalue weighted by Crippen LogP contribution is -2.60. The summed E-state index contributed by atoms with van der Waals surface area (Å²) >= 11 is 0. The molecule has 0 aromatic carbocycles. The first-order valence-electron chi connectivity index (χ1n) is 8.09. The van der Waals surface area contributed by atoms with Crippen molar-refractivity contribution in [3.63, 3.8) is 0 Å². The molecule has 112 valence electrons. The predicted octanol–water partition coefficient (Wildman–Crippen LogP) is 2.51. The Morgan fingerprint density at radius 1 is 1.32 bits per heavy atom. The van der Waals surface area contributed by atoms with E-state index < -0.39 is 0 Å². The summed E-state index contributed by atoms with van der Waals surface area (Å²) in [4.78, 5) is 2.76. The minimum absolute atomic E-state index is 0.459. The molecule has 2 heterocycles. The largest absolute Gasteiger partial charge is 0.381 e. The summed E-state index contributed by atoms with van der Waals surface area (Å²) in [6.07, 6.45) is 3.68. The lowest BCUT2D eigenvalue weighted by Gasteiger charge is -2.47. The molecule has 2 unspecified atom stereocenters. The van der Waals surface area contributed by atoms with Crippen LogP contribution in [0.1, 0.15) is 47.0 Å². The Kier molecular flexibility index (Phi) is 5.27. The second-order valence-corrected chi connectivity index (χ2v) is 7.18. The zero-order valence-electron chi connectivity index (χ0n) is 13.2. The van der Waals surface area contributed by atoms with Crippen LogP contribution in [0.4, 0.5) is 0 Å².